The lowest BCUT2D eigenvalue weighted by Crippen LogP contribution is -2.15. The minimum absolute atomic E-state index is 0.564. The topological polar surface area (TPSA) is 51.4 Å². The van der Waals surface area contributed by atoms with Gasteiger partial charge in [-0.25, -0.2) is 0 Å². The van der Waals surface area contributed by atoms with Crippen LogP contribution in [0.3, 0.4) is 0 Å². The first-order valence-electron chi connectivity index (χ1n) is 4.77. The van der Waals surface area contributed by atoms with Crippen molar-refractivity contribution in [2.75, 3.05) is 33.0 Å². The average molecular weight is 274 g/mol. The van der Waals surface area contributed by atoms with Gasteiger partial charge in [0.1, 0.15) is 0 Å². The summed E-state index contributed by atoms with van der Waals surface area (Å²) < 4.78 is 6.38. The molecule has 1 rings (SSSR count). The molecule has 1 aromatic heterocycles. The summed E-state index contributed by atoms with van der Waals surface area (Å²) in [5.41, 5.74) is 6.30. The lowest BCUT2D eigenvalue weighted by Gasteiger charge is -2.12. The molecule has 0 atom stereocenters. The number of pyridine rings is 1. The van der Waals surface area contributed by atoms with Gasteiger partial charge < -0.3 is 15.4 Å². The number of anilines is 1. The molecule has 4 nitrogen and oxygen atoms in total. The number of aromatic nitrogens is 1. The number of hydrogen-bond acceptors (Lipinski definition) is 4. The summed E-state index contributed by atoms with van der Waals surface area (Å²) in [6.07, 6.45) is 4.24. The van der Waals surface area contributed by atoms with Gasteiger partial charge in [-0.2, -0.15) is 0 Å². The number of nitrogens with two attached hydrogens (primary N) is 1. The molecule has 15 heavy (non-hydrogen) atoms. The molecule has 1 heterocycles. The predicted molar refractivity (Wildman–Crippen MR) is 65.0 cm³/mol. The smallest absolute Gasteiger partial charge is 0.159 e. The van der Waals surface area contributed by atoms with E-state index >= 15 is 0 Å². The van der Waals surface area contributed by atoms with Gasteiger partial charge in [0.2, 0.25) is 0 Å². The highest BCUT2D eigenvalue weighted by molar-refractivity contribution is 9.10. The van der Waals surface area contributed by atoms with E-state index in [0.29, 0.717) is 18.0 Å². The summed E-state index contributed by atoms with van der Waals surface area (Å²) >= 11 is 3.35. The van der Waals surface area contributed by atoms with Gasteiger partial charge in [-0.1, -0.05) is 0 Å². The lowest BCUT2D eigenvalue weighted by molar-refractivity contribution is 0.281. The van der Waals surface area contributed by atoms with Crippen LogP contribution in [0.25, 0.3) is 0 Å². The molecular weight excluding hydrogens is 258 g/mol. The molecule has 0 bridgehead atoms. The zero-order valence-corrected chi connectivity index (χ0v) is 10.6. The van der Waals surface area contributed by atoms with E-state index in [1.165, 1.54) is 0 Å². The zero-order chi connectivity index (χ0) is 11.3. The maximum absolute atomic E-state index is 5.74. The van der Waals surface area contributed by atoms with Crippen molar-refractivity contribution in [3.05, 3.63) is 16.9 Å². The molecule has 0 radical (unpaired) electrons. The fourth-order valence-electron chi connectivity index (χ4n) is 1.15. The Kier molecular flexibility index (Phi) is 4.84. The molecule has 1 aromatic rings. The Morgan fingerprint density at radius 2 is 2.20 bits per heavy atom. The molecule has 2 N–H and O–H groups in total. The summed E-state index contributed by atoms with van der Waals surface area (Å²) in [5.74, 6) is 0.684. The van der Waals surface area contributed by atoms with Crippen molar-refractivity contribution in [3.63, 3.8) is 0 Å². The zero-order valence-electron chi connectivity index (χ0n) is 9.03. The molecular formula is C10H16BrN3O. The number of halogens is 1. The van der Waals surface area contributed by atoms with E-state index in [2.05, 4.69) is 25.8 Å². The standard InChI is InChI=1S/C10H16BrN3O/c1-14(2)4-3-5-15-10-8(11)6-13-7-9(10)12/h6-7H,3-5,12H2,1-2H3. The molecule has 0 spiro atoms. The first-order chi connectivity index (χ1) is 7.11. The average Bonchev–Trinajstić information content (AvgIpc) is 2.15. The van der Waals surface area contributed by atoms with Crippen LogP contribution in [0.4, 0.5) is 5.69 Å². The number of nitrogens with zero attached hydrogens (tertiary/aromatic N) is 2. The summed E-state index contributed by atoms with van der Waals surface area (Å²) in [6, 6.07) is 0. The van der Waals surface area contributed by atoms with Crippen molar-refractivity contribution in [1.82, 2.24) is 9.88 Å². The Hall–Kier alpha value is -0.810. The Labute approximate surface area is 98.6 Å². The maximum Gasteiger partial charge on any atom is 0.159 e. The second-order valence-electron chi connectivity index (χ2n) is 3.54. The molecule has 0 aliphatic rings. The molecule has 0 aromatic carbocycles. The molecule has 0 aliphatic heterocycles. The third-order valence-electron chi connectivity index (χ3n) is 1.88. The second-order valence-corrected chi connectivity index (χ2v) is 4.40. The van der Waals surface area contributed by atoms with Crippen LogP contribution in [0, 0.1) is 0 Å². The van der Waals surface area contributed by atoms with Crippen molar-refractivity contribution in [1.29, 1.82) is 0 Å². The van der Waals surface area contributed by atoms with Gasteiger partial charge in [0.15, 0.2) is 5.75 Å². The summed E-state index contributed by atoms with van der Waals surface area (Å²) in [4.78, 5) is 6.06. The third kappa shape index (κ3) is 4.05. The van der Waals surface area contributed by atoms with E-state index in [-0.39, 0.29) is 0 Å². The number of ether oxygens (including phenoxy) is 1. The molecule has 0 aliphatic carbocycles. The summed E-state index contributed by atoms with van der Waals surface area (Å²) in [6.45, 7) is 1.66. The van der Waals surface area contributed by atoms with Crippen LogP contribution in [-0.4, -0.2) is 37.1 Å². The summed E-state index contributed by atoms with van der Waals surface area (Å²) in [5, 5.41) is 0. The number of rotatable bonds is 5. The van der Waals surface area contributed by atoms with E-state index in [0.717, 1.165) is 17.4 Å². The van der Waals surface area contributed by atoms with Crippen molar-refractivity contribution in [2.45, 2.75) is 6.42 Å². The minimum Gasteiger partial charge on any atom is -0.490 e. The Morgan fingerprint density at radius 1 is 1.47 bits per heavy atom. The van der Waals surface area contributed by atoms with Crippen molar-refractivity contribution >= 4 is 21.6 Å². The van der Waals surface area contributed by atoms with Crippen LogP contribution in [0.2, 0.25) is 0 Å². The molecule has 0 saturated carbocycles. The van der Waals surface area contributed by atoms with Crippen LogP contribution < -0.4 is 10.5 Å². The fraction of sp³-hybridized carbons (Fsp3) is 0.500. The van der Waals surface area contributed by atoms with E-state index in [1.54, 1.807) is 12.4 Å². The normalized spacial score (nSPS) is 10.7. The van der Waals surface area contributed by atoms with Gasteiger partial charge in [-0.05, 0) is 36.4 Å². The molecule has 5 heteroatoms. The van der Waals surface area contributed by atoms with Gasteiger partial charge in [0.05, 0.1) is 23.0 Å². The van der Waals surface area contributed by atoms with E-state index in [4.69, 9.17) is 10.5 Å². The van der Waals surface area contributed by atoms with Gasteiger partial charge >= 0.3 is 0 Å². The van der Waals surface area contributed by atoms with Crippen LogP contribution >= 0.6 is 15.9 Å². The SMILES string of the molecule is CN(C)CCCOc1c(N)cncc1Br. The first kappa shape index (κ1) is 12.3. The Bertz CT molecular complexity index is 297. The van der Waals surface area contributed by atoms with Crippen LogP contribution in [0.15, 0.2) is 16.9 Å². The van der Waals surface area contributed by atoms with Crippen molar-refractivity contribution in [3.8, 4) is 5.75 Å². The fourth-order valence-corrected chi connectivity index (χ4v) is 1.61. The highest BCUT2D eigenvalue weighted by atomic mass is 79.9. The van der Waals surface area contributed by atoms with Gasteiger partial charge in [-0.15, -0.1) is 0 Å². The monoisotopic (exact) mass is 273 g/mol. The maximum atomic E-state index is 5.74. The number of hydrogen-bond donors (Lipinski definition) is 1. The third-order valence-corrected chi connectivity index (χ3v) is 2.44. The van der Waals surface area contributed by atoms with E-state index in [1.807, 2.05) is 14.1 Å². The predicted octanol–water partition coefficient (Wildman–Crippen LogP) is 1.76. The quantitative estimate of drug-likeness (QED) is 0.831. The van der Waals surface area contributed by atoms with Gasteiger partial charge in [0, 0.05) is 12.7 Å². The Balaban J connectivity index is 2.43. The number of nitrogen functional groups attached to an aromatic ring is 1. The minimum atomic E-state index is 0.564. The highest BCUT2D eigenvalue weighted by Crippen LogP contribution is 2.29. The van der Waals surface area contributed by atoms with E-state index < -0.39 is 0 Å². The molecule has 0 fully saturated rings. The van der Waals surface area contributed by atoms with Crippen LogP contribution in [0.5, 0.6) is 5.75 Å². The van der Waals surface area contributed by atoms with E-state index in [9.17, 15) is 0 Å². The highest BCUT2D eigenvalue weighted by Gasteiger charge is 2.05. The summed E-state index contributed by atoms with van der Waals surface area (Å²) in [7, 11) is 4.08. The second kappa shape index (κ2) is 5.92. The first-order valence-corrected chi connectivity index (χ1v) is 5.57. The molecule has 84 valence electrons. The Morgan fingerprint density at radius 3 is 2.80 bits per heavy atom. The van der Waals surface area contributed by atoms with Crippen LogP contribution in [0.1, 0.15) is 6.42 Å². The lowest BCUT2D eigenvalue weighted by atomic mass is 10.4. The van der Waals surface area contributed by atoms with Gasteiger partial charge in [0.25, 0.3) is 0 Å². The van der Waals surface area contributed by atoms with Crippen molar-refractivity contribution < 1.29 is 4.74 Å². The molecule has 0 unspecified atom stereocenters. The largest absolute Gasteiger partial charge is 0.490 e. The molecule has 0 saturated heterocycles. The van der Waals surface area contributed by atoms with Crippen molar-refractivity contribution in [2.24, 2.45) is 0 Å². The molecule has 0 amide bonds. The van der Waals surface area contributed by atoms with Crippen LogP contribution in [-0.2, 0) is 0 Å². The van der Waals surface area contributed by atoms with Gasteiger partial charge in [-0.3, -0.25) is 4.98 Å².